The van der Waals surface area contributed by atoms with Crippen molar-refractivity contribution in [2.24, 2.45) is 0 Å². The number of carbonyl (C=O) groups excluding carboxylic acids is 2. The van der Waals surface area contributed by atoms with Crippen molar-refractivity contribution in [3.8, 4) is 5.75 Å². The molecule has 0 atom stereocenters. The van der Waals surface area contributed by atoms with Crippen LogP contribution in [0.4, 0.5) is 5.69 Å². The van der Waals surface area contributed by atoms with E-state index >= 15 is 0 Å². The molecular formula is C13H15NO4. The van der Waals surface area contributed by atoms with Gasteiger partial charge in [0.25, 0.3) is 0 Å². The smallest absolute Gasteiger partial charge is 0.397 e. The van der Waals surface area contributed by atoms with Gasteiger partial charge in [0.1, 0.15) is 5.75 Å². The Labute approximate surface area is 105 Å². The first-order chi connectivity index (χ1) is 8.70. The van der Waals surface area contributed by atoms with E-state index in [1.807, 2.05) is 6.07 Å². The largest absolute Gasteiger partial charge is 0.493 e. The van der Waals surface area contributed by atoms with E-state index in [-0.39, 0.29) is 6.61 Å². The topological polar surface area (TPSA) is 64.6 Å². The van der Waals surface area contributed by atoms with Gasteiger partial charge in [-0.15, -0.1) is 0 Å². The lowest BCUT2D eigenvalue weighted by Crippen LogP contribution is -2.25. The Balaban J connectivity index is 2.06. The highest BCUT2D eigenvalue weighted by Crippen LogP contribution is 2.27. The molecule has 2 rings (SSSR count). The molecule has 1 aliphatic rings. The maximum atomic E-state index is 11.5. The maximum absolute atomic E-state index is 11.5. The Morgan fingerprint density at radius 3 is 3.06 bits per heavy atom. The molecule has 5 nitrogen and oxygen atoms in total. The monoisotopic (exact) mass is 249 g/mol. The van der Waals surface area contributed by atoms with Crippen LogP contribution in [-0.4, -0.2) is 25.1 Å². The molecule has 1 N–H and O–H groups in total. The number of ether oxygens (including phenoxy) is 2. The minimum absolute atomic E-state index is 0.185. The van der Waals surface area contributed by atoms with Crippen LogP contribution in [0.2, 0.25) is 0 Å². The van der Waals surface area contributed by atoms with E-state index in [4.69, 9.17) is 4.74 Å². The number of hydrogen-bond acceptors (Lipinski definition) is 4. The lowest BCUT2D eigenvalue weighted by Gasteiger charge is -2.17. The molecule has 1 aromatic carbocycles. The molecule has 1 amide bonds. The SMILES string of the molecule is CCOC(=O)C(=O)Nc1ccc2c(c1)CCCO2. The number of fused-ring (bicyclic) bond motifs is 1. The fraction of sp³-hybridized carbons (Fsp3) is 0.385. The molecule has 1 aliphatic heterocycles. The van der Waals surface area contributed by atoms with Gasteiger partial charge in [0, 0.05) is 5.69 Å². The van der Waals surface area contributed by atoms with Gasteiger partial charge in [0.05, 0.1) is 13.2 Å². The fourth-order valence-electron chi connectivity index (χ4n) is 1.82. The van der Waals surface area contributed by atoms with Gasteiger partial charge in [-0.25, -0.2) is 4.79 Å². The van der Waals surface area contributed by atoms with E-state index in [0.717, 1.165) is 30.8 Å². The molecule has 18 heavy (non-hydrogen) atoms. The molecule has 0 saturated carbocycles. The number of amides is 1. The van der Waals surface area contributed by atoms with E-state index in [1.165, 1.54) is 0 Å². The Hall–Kier alpha value is -2.04. The summed E-state index contributed by atoms with van der Waals surface area (Å²) < 4.78 is 10.1. The van der Waals surface area contributed by atoms with E-state index in [9.17, 15) is 9.59 Å². The molecular weight excluding hydrogens is 234 g/mol. The molecule has 0 fully saturated rings. The molecule has 0 aromatic heterocycles. The van der Waals surface area contributed by atoms with Crippen LogP contribution in [0.5, 0.6) is 5.75 Å². The number of aryl methyl sites for hydroxylation is 1. The van der Waals surface area contributed by atoms with E-state index in [0.29, 0.717) is 5.69 Å². The van der Waals surface area contributed by atoms with Crippen LogP contribution >= 0.6 is 0 Å². The zero-order valence-corrected chi connectivity index (χ0v) is 10.2. The highest BCUT2D eigenvalue weighted by atomic mass is 16.5. The first-order valence-corrected chi connectivity index (χ1v) is 5.94. The zero-order valence-electron chi connectivity index (χ0n) is 10.2. The van der Waals surface area contributed by atoms with Crippen LogP contribution in [0.1, 0.15) is 18.9 Å². The zero-order chi connectivity index (χ0) is 13.0. The third kappa shape index (κ3) is 2.80. The van der Waals surface area contributed by atoms with Gasteiger partial charge >= 0.3 is 11.9 Å². The van der Waals surface area contributed by atoms with Crippen LogP contribution in [-0.2, 0) is 20.7 Å². The molecule has 0 unspecified atom stereocenters. The van der Waals surface area contributed by atoms with E-state index in [2.05, 4.69) is 10.1 Å². The number of nitrogens with one attached hydrogen (secondary N) is 1. The van der Waals surface area contributed by atoms with Gasteiger partial charge in [-0.05, 0) is 43.5 Å². The molecule has 96 valence electrons. The van der Waals surface area contributed by atoms with Crippen LogP contribution in [0.3, 0.4) is 0 Å². The number of carbonyl (C=O) groups is 2. The summed E-state index contributed by atoms with van der Waals surface area (Å²) in [4.78, 5) is 22.6. The van der Waals surface area contributed by atoms with Gasteiger partial charge in [-0.1, -0.05) is 0 Å². The molecule has 0 saturated heterocycles. The molecule has 0 aliphatic carbocycles. The first-order valence-electron chi connectivity index (χ1n) is 5.94. The van der Waals surface area contributed by atoms with Gasteiger partial charge < -0.3 is 14.8 Å². The van der Waals surface area contributed by atoms with Crippen molar-refractivity contribution < 1.29 is 19.1 Å². The van der Waals surface area contributed by atoms with Crippen LogP contribution in [0, 0.1) is 0 Å². The standard InChI is InChI=1S/C13H15NO4/c1-2-17-13(16)12(15)14-10-5-6-11-9(8-10)4-3-7-18-11/h5-6,8H,2-4,7H2,1H3,(H,14,15). The van der Waals surface area contributed by atoms with Crippen LogP contribution in [0.15, 0.2) is 18.2 Å². The quantitative estimate of drug-likeness (QED) is 0.637. The predicted molar refractivity (Wildman–Crippen MR) is 65.5 cm³/mol. The minimum Gasteiger partial charge on any atom is -0.493 e. The summed E-state index contributed by atoms with van der Waals surface area (Å²) in [5.74, 6) is -0.782. The summed E-state index contributed by atoms with van der Waals surface area (Å²) in [6, 6.07) is 5.34. The summed E-state index contributed by atoms with van der Waals surface area (Å²) in [5, 5.41) is 2.51. The molecule has 5 heteroatoms. The second kappa shape index (κ2) is 5.53. The van der Waals surface area contributed by atoms with Crippen molar-refractivity contribution in [2.45, 2.75) is 19.8 Å². The number of anilines is 1. The van der Waals surface area contributed by atoms with Gasteiger partial charge in [-0.3, -0.25) is 4.79 Å². The van der Waals surface area contributed by atoms with Crippen molar-refractivity contribution in [3.63, 3.8) is 0 Å². The fourth-order valence-corrected chi connectivity index (χ4v) is 1.82. The summed E-state index contributed by atoms with van der Waals surface area (Å²) in [7, 11) is 0. The second-order valence-corrected chi connectivity index (χ2v) is 3.95. The van der Waals surface area contributed by atoms with Crippen molar-refractivity contribution >= 4 is 17.6 Å². The van der Waals surface area contributed by atoms with Gasteiger partial charge in [0.15, 0.2) is 0 Å². The molecule has 1 heterocycles. The molecule has 0 bridgehead atoms. The highest BCUT2D eigenvalue weighted by Gasteiger charge is 2.16. The average Bonchev–Trinajstić information content (AvgIpc) is 2.39. The first kappa shape index (κ1) is 12.4. The van der Waals surface area contributed by atoms with Crippen molar-refractivity contribution in [3.05, 3.63) is 23.8 Å². The van der Waals surface area contributed by atoms with Crippen LogP contribution in [0.25, 0.3) is 0 Å². The van der Waals surface area contributed by atoms with Crippen molar-refractivity contribution in [1.82, 2.24) is 0 Å². The molecule has 0 radical (unpaired) electrons. The minimum atomic E-state index is -0.869. The predicted octanol–water partition coefficient (Wildman–Crippen LogP) is 1.51. The third-order valence-electron chi connectivity index (χ3n) is 2.63. The Morgan fingerprint density at radius 1 is 1.44 bits per heavy atom. The van der Waals surface area contributed by atoms with Crippen molar-refractivity contribution in [2.75, 3.05) is 18.5 Å². The Morgan fingerprint density at radius 2 is 2.28 bits per heavy atom. The Kier molecular flexibility index (Phi) is 3.82. The summed E-state index contributed by atoms with van der Waals surface area (Å²) in [5.41, 5.74) is 1.63. The van der Waals surface area contributed by atoms with Gasteiger partial charge in [-0.2, -0.15) is 0 Å². The van der Waals surface area contributed by atoms with Gasteiger partial charge in [0.2, 0.25) is 0 Å². The van der Waals surface area contributed by atoms with Crippen LogP contribution < -0.4 is 10.1 Å². The van der Waals surface area contributed by atoms with E-state index < -0.39 is 11.9 Å². The second-order valence-electron chi connectivity index (χ2n) is 3.95. The summed E-state index contributed by atoms with van der Waals surface area (Å²) in [6.45, 7) is 2.56. The number of rotatable bonds is 2. The normalized spacial score (nSPS) is 13.2. The highest BCUT2D eigenvalue weighted by molar-refractivity contribution is 6.37. The molecule has 0 spiro atoms. The number of esters is 1. The lowest BCUT2D eigenvalue weighted by molar-refractivity contribution is -0.152. The Bertz CT molecular complexity index is 470. The summed E-state index contributed by atoms with van der Waals surface area (Å²) >= 11 is 0. The third-order valence-corrected chi connectivity index (χ3v) is 2.63. The van der Waals surface area contributed by atoms with E-state index in [1.54, 1.807) is 19.1 Å². The average molecular weight is 249 g/mol. The number of hydrogen-bond donors (Lipinski definition) is 1. The molecule has 1 aromatic rings. The maximum Gasteiger partial charge on any atom is 0.397 e. The number of benzene rings is 1. The van der Waals surface area contributed by atoms with Crippen molar-refractivity contribution in [1.29, 1.82) is 0 Å². The summed E-state index contributed by atoms with van der Waals surface area (Å²) in [6.07, 6.45) is 1.88. The lowest BCUT2D eigenvalue weighted by atomic mass is 10.1.